The van der Waals surface area contributed by atoms with Crippen molar-refractivity contribution in [2.24, 2.45) is 0 Å². The van der Waals surface area contributed by atoms with E-state index in [4.69, 9.17) is 9.47 Å². The van der Waals surface area contributed by atoms with Crippen molar-refractivity contribution in [1.82, 2.24) is 4.31 Å². The van der Waals surface area contributed by atoms with Crippen molar-refractivity contribution >= 4 is 26.0 Å². The van der Waals surface area contributed by atoms with Crippen LogP contribution in [0, 0.1) is 5.82 Å². The molecular weight excluding hydrogens is 473 g/mol. The molecule has 5 nitrogen and oxygen atoms in total. The summed E-state index contributed by atoms with van der Waals surface area (Å²) in [5, 5.41) is 0. The number of methoxy groups -OCH3 is 2. The standard InChI is InChI=1S/C22H21BrFNO4S/c1-28-19-8-3-16(4-9-19)14-25(15-17-5-10-20(29-2)11-6-17)30(26,27)22-13-18(23)7-12-21(22)24/h3-13H,14-15H2,1-2H3. The van der Waals surface area contributed by atoms with E-state index in [9.17, 15) is 12.8 Å². The number of benzene rings is 3. The highest BCUT2D eigenvalue weighted by Crippen LogP contribution is 2.27. The molecule has 0 aliphatic heterocycles. The summed E-state index contributed by atoms with van der Waals surface area (Å²) in [4.78, 5) is -0.376. The smallest absolute Gasteiger partial charge is 0.246 e. The summed E-state index contributed by atoms with van der Waals surface area (Å²) in [6.45, 7) is 0.147. The third-order valence-electron chi connectivity index (χ3n) is 4.55. The van der Waals surface area contributed by atoms with E-state index in [0.29, 0.717) is 16.0 Å². The van der Waals surface area contributed by atoms with Gasteiger partial charge in [-0.2, -0.15) is 4.31 Å². The average Bonchev–Trinajstić information content (AvgIpc) is 2.76. The van der Waals surface area contributed by atoms with Gasteiger partial charge in [0, 0.05) is 17.6 Å². The molecular formula is C22H21BrFNO4S. The first-order chi connectivity index (χ1) is 14.3. The van der Waals surface area contributed by atoms with Gasteiger partial charge in [0.15, 0.2) is 0 Å². The molecule has 0 saturated heterocycles. The van der Waals surface area contributed by atoms with Crippen LogP contribution in [0.2, 0.25) is 0 Å². The van der Waals surface area contributed by atoms with Crippen LogP contribution in [0.1, 0.15) is 11.1 Å². The maximum Gasteiger partial charge on any atom is 0.246 e. The molecule has 0 aromatic heterocycles. The first kappa shape index (κ1) is 22.3. The van der Waals surface area contributed by atoms with E-state index in [1.54, 1.807) is 62.8 Å². The number of halogens is 2. The van der Waals surface area contributed by atoms with Gasteiger partial charge in [-0.05, 0) is 53.6 Å². The number of ether oxygens (including phenoxy) is 2. The van der Waals surface area contributed by atoms with Gasteiger partial charge in [0.05, 0.1) is 14.2 Å². The van der Waals surface area contributed by atoms with Crippen LogP contribution in [0.25, 0.3) is 0 Å². The molecule has 0 N–H and O–H groups in total. The second-order valence-corrected chi connectivity index (χ2v) is 9.37. The van der Waals surface area contributed by atoms with Gasteiger partial charge in [-0.1, -0.05) is 40.2 Å². The van der Waals surface area contributed by atoms with E-state index in [0.717, 1.165) is 17.2 Å². The Morgan fingerprint density at radius 2 is 1.30 bits per heavy atom. The van der Waals surface area contributed by atoms with Crippen LogP contribution in [0.3, 0.4) is 0 Å². The number of hydrogen-bond donors (Lipinski definition) is 0. The molecule has 0 aliphatic rings. The van der Waals surface area contributed by atoms with Gasteiger partial charge in [-0.25, -0.2) is 12.8 Å². The fourth-order valence-electron chi connectivity index (χ4n) is 2.91. The summed E-state index contributed by atoms with van der Waals surface area (Å²) in [7, 11) is -0.994. The number of rotatable bonds is 8. The molecule has 3 aromatic carbocycles. The summed E-state index contributed by atoms with van der Waals surface area (Å²) >= 11 is 3.23. The van der Waals surface area contributed by atoms with Crippen molar-refractivity contribution < 1.29 is 22.3 Å². The Kier molecular flexibility index (Phi) is 7.12. The Bertz CT molecular complexity index is 1050. The molecule has 0 fully saturated rings. The molecule has 0 heterocycles. The number of nitrogens with zero attached hydrogens (tertiary/aromatic N) is 1. The SMILES string of the molecule is COc1ccc(CN(Cc2ccc(OC)cc2)S(=O)(=O)c2cc(Br)ccc2F)cc1. The van der Waals surface area contributed by atoms with Crippen molar-refractivity contribution in [2.75, 3.05) is 14.2 Å². The monoisotopic (exact) mass is 493 g/mol. The molecule has 8 heteroatoms. The molecule has 3 rings (SSSR count). The molecule has 30 heavy (non-hydrogen) atoms. The van der Waals surface area contributed by atoms with E-state index in [-0.39, 0.29) is 18.0 Å². The van der Waals surface area contributed by atoms with Crippen LogP contribution in [0.5, 0.6) is 11.5 Å². The summed E-state index contributed by atoms with van der Waals surface area (Å²) < 4.78 is 53.2. The van der Waals surface area contributed by atoms with Gasteiger partial charge in [-0.15, -0.1) is 0 Å². The molecule has 3 aromatic rings. The molecule has 0 unspecified atom stereocenters. The molecule has 0 bridgehead atoms. The molecule has 0 spiro atoms. The van der Waals surface area contributed by atoms with E-state index in [1.165, 1.54) is 16.4 Å². The summed E-state index contributed by atoms with van der Waals surface area (Å²) in [5.41, 5.74) is 1.51. The summed E-state index contributed by atoms with van der Waals surface area (Å²) in [6.07, 6.45) is 0. The highest BCUT2D eigenvalue weighted by Gasteiger charge is 2.28. The Hall–Kier alpha value is -2.42. The van der Waals surface area contributed by atoms with Crippen LogP contribution in [0.4, 0.5) is 4.39 Å². The van der Waals surface area contributed by atoms with E-state index < -0.39 is 15.8 Å². The lowest BCUT2D eigenvalue weighted by Crippen LogP contribution is -2.31. The lowest BCUT2D eigenvalue weighted by atomic mass is 10.2. The fourth-order valence-corrected chi connectivity index (χ4v) is 4.93. The third-order valence-corrected chi connectivity index (χ3v) is 6.85. The highest BCUT2D eigenvalue weighted by molar-refractivity contribution is 9.10. The topological polar surface area (TPSA) is 55.8 Å². The van der Waals surface area contributed by atoms with E-state index >= 15 is 0 Å². The largest absolute Gasteiger partial charge is 0.497 e. The lowest BCUT2D eigenvalue weighted by molar-refractivity contribution is 0.395. The maximum atomic E-state index is 14.4. The molecule has 0 amide bonds. The predicted molar refractivity (Wildman–Crippen MR) is 117 cm³/mol. The zero-order valence-corrected chi connectivity index (χ0v) is 18.9. The number of hydrogen-bond acceptors (Lipinski definition) is 4. The lowest BCUT2D eigenvalue weighted by Gasteiger charge is -2.23. The second-order valence-electron chi connectivity index (χ2n) is 6.54. The van der Waals surface area contributed by atoms with Crippen LogP contribution in [-0.2, 0) is 23.1 Å². The van der Waals surface area contributed by atoms with Crippen LogP contribution >= 0.6 is 15.9 Å². The maximum absolute atomic E-state index is 14.4. The quantitative estimate of drug-likeness (QED) is 0.443. The van der Waals surface area contributed by atoms with Crippen molar-refractivity contribution in [3.63, 3.8) is 0 Å². The van der Waals surface area contributed by atoms with Crippen LogP contribution in [-0.4, -0.2) is 26.9 Å². The van der Waals surface area contributed by atoms with E-state index in [1.807, 2.05) is 0 Å². The minimum atomic E-state index is -4.12. The van der Waals surface area contributed by atoms with Gasteiger partial charge in [0.25, 0.3) is 0 Å². The number of sulfonamides is 1. The average molecular weight is 494 g/mol. The second kappa shape index (κ2) is 9.59. The molecule has 0 aliphatic carbocycles. The first-order valence-corrected chi connectivity index (χ1v) is 11.3. The predicted octanol–water partition coefficient (Wildman–Crippen LogP) is 5.00. The Morgan fingerprint density at radius 1 is 0.833 bits per heavy atom. The Balaban J connectivity index is 1.99. The van der Waals surface area contributed by atoms with Gasteiger partial charge in [0.1, 0.15) is 22.2 Å². The minimum absolute atomic E-state index is 0.0737. The first-order valence-electron chi connectivity index (χ1n) is 9.04. The molecule has 0 saturated carbocycles. The summed E-state index contributed by atoms with van der Waals surface area (Å²) in [6, 6.07) is 18.0. The van der Waals surface area contributed by atoms with Gasteiger partial charge in [0.2, 0.25) is 10.0 Å². The highest BCUT2D eigenvalue weighted by atomic mass is 79.9. The van der Waals surface area contributed by atoms with Crippen molar-refractivity contribution in [3.8, 4) is 11.5 Å². The molecule has 0 radical (unpaired) electrons. The van der Waals surface area contributed by atoms with E-state index in [2.05, 4.69) is 15.9 Å². The summed E-state index contributed by atoms with van der Waals surface area (Å²) in [5.74, 6) is 0.537. The zero-order valence-electron chi connectivity index (χ0n) is 16.5. The minimum Gasteiger partial charge on any atom is -0.497 e. The normalized spacial score (nSPS) is 11.5. The van der Waals surface area contributed by atoms with Gasteiger partial charge >= 0.3 is 0 Å². The Labute approximate surface area is 184 Å². The molecule has 0 atom stereocenters. The fraction of sp³-hybridized carbons (Fsp3) is 0.182. The van der Waals surface area contributed by atoms with Crippen molar-refractivity contribution in [2.45, 2.75) is 18.0 Å². The van der Waals surface area contributed by atoms with Crippen LogP contribution < -0.4 is 9.47 Å². The van der Waals surface area contributed by atoms with Crippen LogP contribution in [0.15, 0.2) is 76.1 Å². The van der Waals surface area contributed by atoms with Gasteiger partial charge < -0.3 is 9.47 Å². The van der Waals surface area contributed by atoms with Crippen molar-refractivity contribution in [3.05, 3.63) is 88.1 Å². The molecule has 158 valence electrons. The third kappa shape index (κ3) is 5.19. The van der Waals surface area contributed by atoms with Crippen molar-refractivity contribution in [1.29, 1.82) is 0 Å². The van der Waals surface area contributed by atoms with Gasteiger partial charge in [-0.3, -0.25) is 0 Å². The zero-order chi connectivity index (χ0) is 21.7. The Morgan fingerprint density at radius 3 is 1.73 bits per heavy atom.